The standard InChI is InChI=1S/C14H23N3/c1-14(2,3)17-9-11-5-4-6-12(11)13-10-15-7-8-16-13/h7-8,10-12,17H,4-6,9H2,1-3H3. The van der Waals surface area contributed by atoms with Crippen molar-refractivity contribution >= 4 is 0 Å². The van der Waals surface area contributed by atoms with E-state index in [0.717, 1.165) is 6.54 Å². The molecule has 1 aliphatic carbocycles. The minimum Gasteiger partial charge on any atom is -0.312 e. The summed E-state index contributed by atoms with van der Waals surface area (Å²) in [6, 6.07) is 0. The van der Waals surface area contributed by atoms with E-state index in [-0.39, 0.29) is 5.54 Å². The highest BCUT2D eigenvalue weighted by Crippen LogP contribution is 2.38. The summed E-state index contributed by atoms with van der Waals surface area (Å²) in [7, 11) is 0. The van der Waals surface area contributed by atoms with Crippen molar-refractivity contribution in [3.63, 3.8) is 0 Å². The fourth-order valence-electron chi connectivity index (χ4n) is 2.61. The molecular weight excluding hydrogens is 210 g/mol. The molecular formula is C14H23N3. The van der Waals surface area contributed by atoms with Gasteiger partial charge in [0.1, 0.15) is 0 Å². The fraction of sp³-hybridized carbons (Fsp3) is 0.714. The Balaban J connectivity index is 1.98. The summed E-state index contributed by atoms with van der Waals surface area (Å²) in [6.07, 6.45) is 9.38. The summed E-state index contributed by atoms with van der Waals surface area (Å²) in [6.45, 7) is 7.75. The molecule has 2 rings (SSSR count). The Morgan fingerprint density at radius 3 is 2.76 bits per heavy atom. The quantitative estimate of drug-likeness (QED) is 0.872. The third-order valence-electron chi connectivity index (χ3n) is 3.52. The molecule has 1 heterocycles. The molecule has 1 aromatic rings. The fourth-order valence-corrected chi connectivity index (χ4v) is 2.61. The molecule has 0 radical (unpaired) electrons. The predicted molar refractivity (Wildman–Crippen MR) is 69.9 cm³/mol. The average Bonchev–Trinajstić information content (AvgIpc) is 2.75. The lowest BCUT2D eigenvalue weighted by Crippen LogP contribution is -2.39. The zero-order valence-electron chi connectivity index (χ0n) is 11.1. The number of nitrogens with one attached hydrogen (secondary N) is 1. The first-order chi connectivity index (χ1) is 8.06. The first-order valence-electron chi connectivity index (χ1n) is 6.57. The molecule has 1 aromatic heterocycles. The molecule has 0 aliphatic heterocycles. The molecule has 0 bridgehead atoms. The van der Waals surface area contributed by atoms with Crippen LogP contribution in [0.1, 0.15) is 51.6 Å². The van der Waals surface area contributed by atoms with Gasteiger partial charge in [-0.15, -0.1) is 0 Å². The van der Waals surface area contributed by atoms with Crippen LogP contribution in [-0.2, 0) is 0 Å². The van der Waals surface area contributed by atoms with Gasteiger partial charge < -0.3 is 5.32 Å². The van der Waals surface area contributed by atoms with Crippen molar-refractivity contribution in [2.45, 2.75) is 51.5 Å². The second-order valence-electron chi connectivity index (χ2n) is 6.06. The molecule has 0 saturated heterocycles. The van der Waals surface area contributed by atoms with Crippen LogP contribution in [0.25, 0.3) is 0 Å². The van der Waals surface area contributed by atoms with Crippen LogP contribution < -0.4 is 5.32 Å². The molecule has 1 fully saturated rings. The van der Waals surface area contributed by atoms with E-state index in [1.165, 1.54) is 25.0 Å². The summed E-state index contributed by atoms with van der Waals surface area (Å²) >= 11 is 0. The summed E-state index contributed by atoms with van der Waals surface area (Å²) in [5.74, 6) is 1.31. The number of aromatic nitrogens is 2. The number of rotatable bonds is 3. The van der Waals surface area contributed by atoms with Crippen LogP contribution in [0.5, 0.6) is 0 Å². The first-order valence-corrected chi connectivity index (χ1v) is 6.57. The minimum atomic E-state index is 0.204. The molecule has 94 valence electrons. The summed E-state index contributed by atoms with van der Waals surface area (Å²) in [4.78, 5) is 8.65. The number of hydrogen-bond acceptors (Lipinski definition) is 3. The monoisotopic (exact) mass is 233 g/mol. The van der Waals surface area contributed by atoms with Crippen molar-refractivity contribution in [1.29, 1.82) is 0 Å². The third kappa shape index (κ3) is 3.50. The van der Waals surface area contributed by atoms with E-state index in [0.29, 0.717) is 11.8 Å². The van der Waals surface area contributed by atoms with Gasteiger partial charge in [-0.2, -0.15) is 0 Å². The minimum absolute atomic E-state index is 0.204. The van der Waals surface area contributed by atoms with Gasteiger partial charge in [0, 0.05) is 30.0 Å². The Morgan fingerprint density at radius 2 is 2.12 bits per heavy atom. The van der Waals surface area contributed by atoms with E-state index < -0.39 is 0 Å². The highest BCUT2D eigenvalue weighted by molar-refractivity contribution is 5.08. The topological polar surface area (TPSA) is 37.8 Å². The van der Waals surface area contributed by atoms with Crippen LogP contribution in [0.3, 0.4) is 0 Å². The van der Waals surface area contributed by atoms with Crippen LogP contribution in [0.15, 0.2) is 18.6 Å². The number of hydrogen-bond donors (Lipinski definition) is 1. The van der Waals surface area contributed by atoms with Crippen molar-refractivity contribution in [3.05, 3.63) is 24.3 Å². The van der Waals surface area contributed by atoms with Gasteiger partial charge in [-0.1, -0.05) is 6.42 Å². The van der Waals surface area contributed by atoms with E-state index in [4.69, 9.17) is 0 Å². The smallest absolute Gasteiger partial charge is 0.0620 e. The molecule has 17 heavy (non-hydrogen) atoms. The van der Waals surface area contributed by atoms with Gasteiger partial charge in [-0.05, 0) is 46.1 Å². The molecule has 0 aromatic carbocycles. The molecule has 1 saturated carbocycles. The van der Waals surface area contributed by atoms with Gasteiger partial charge in [0.2, 0.25) is 0 Å². The lowest BCUT2D eigenvalue weighted by Gasteiger charge is -2.26. The molecule has 2 unspecified atom stereocenters. The molecule has 3 heteroatoms. The maximum absolute atomic E-state index is 4.47. The molecule has 0 amide bonds. The first kappa shape index (κ1) is 12.5. The van der Waals surface area contributed by atoms with Crippen molar-refractivity contribution in [3.8, 4) is 0 Å². The predicted octanol–water partition coefficient (Wildman–Crippen LogP) is 2.75. The highest BCUT2D eigenvalue weighted by atomic mass is 14.9. The van der Waals surface area contributed by atoms with Crippen molar-refractivity contribution < 1.29 is 0 Å². The van der Waals surface area contributed by atoms with Crippen LogP contribution >= 0.6 is 0 Å². The third-order valence-corrected chi connectivity index (χ3v) is 3.52. The van der Waals surface area contributed by atoms with Gasteiger partial charge in [0.15, 0.2) is 0 Å². The lowest BCUT2D eigenvalue weighted by molar-refractivity contribution is 0.354. The van der Waals surface area contributed by atoms with Gasteiger partial charge in [0.05, 0.1) is 5.69 Å². The van der Waals surface area contributed by atoms with E-state index >= 15 is 0 Å². The maximum Gasteiger partial charge on any atom is 0.0620 e. The van der Waals surface area contributed by atoms with Crippen molar-refractivity contribution in [1.82, 2.24) is 15.3 Å². The van der Waals surface area contributed by atoms with E-state index in [9.17, 15) is 0 Å². The van der Waals surface area contributed by atoms with E-state index in [1.807, 2.05) is 12.4 Å². The van der Waals surface area contributed by atoms with Crippen molar-refractivity contribution in [2.24, 2.45) is 5.92 Å². The average molecular weight is 233 g/mol. The second kappa shape index (κ2) is 5.13. The van der Waals surface area contributed by atoms with Gasteiger partial charge in [-0.25, -0.2) is 0 Å². The Bertz CT molecular complexity index is 342. The molecule has 1 aliphatic rings. The second-order valence-corrected chi connectivity index (χ2v) is 6.06. The van der Waals surface area contributed by atoms with Crippen molar-refractivity contribution in [2.75, 3.05) is 6.54 Å². The Labute approximate surface area is 104 Å². The number of nitrogens with zero attached hydrogens (tertiary/aromatic N) is 2. The maximum atomic E-state index is 4.47. The Kier molecular flexibility index (Phi) is 3.77. The van der Waals surface area contributed by atoms with Gasteiger partial charge in [0.25, 0.3) is 0 Å². The van der Waals surface area contributed by atoms with Crippen LogP contribution in [0.4, 0.5) is 0 Å². The van der Waals surface area contributed by atoms with E-state index in [1.54, 1.807) is 6.20 Å². The normalized spacial score (nSPS) is 25.1. The van der Waals surface area contributed by atoms with Gasteiger partial charge >= 0.3 is 0 Å². The molecule has 3 nitrogen and oxygen atoms in total. The zero-order valence-corrected chi connectivity index (χ0v) is 11.1. The Morgan fingerprint density at radius 1 is 1.29 bits per heavy atom. The van der Waals surface area contributed by atoms with Crippen LogP contribution in [0, 0.1) is 5.92 Å². The SMILES string of the molecule is CC(C)(C)NCC1CCCC1c1cnccn1. The van der Waals surface area contributed by atoms with E-state index in [2.05, 4.69) is 36.1 Å². The van der Waals surface area contributed by atoms with Crippen LogP contribution in [0.2, 0.25) is 0 Å². The largest absolute Gasteiger partial charge is 0.312 e. The molecule has 1 N–H and O–H groups in total. The molecule has 0 spiro atoms. The summed E-state index contributed by atoms with van der Waals surface area (Å²) in [5.41, 5.74) is 1.38. The lowest BCUT2D eigenvalue weighted by atomic mass is 9.92. The van der Waals surface area contributed by atoms with Crippen LogP contribution in [-0.4, -0.2) is 22.1 Å². The molecule has 2 atom stereocenters. The highest BCUT2D eigenvalue weighted by Gasteiger charge is 2.30. The zero-order chi connectivity index (χ0) is 12.3. The summed E-state index contributed by atoms with van der Waals surface area (Å²) in [5, 5.41) is 3.62. The summed E-state index contributed by atoms with van der Waals surface area (Å²) < 4.78 is 0. The van der Waals surface area contributed by atoms with Gasteiger partial charge in [-0.3, -0.25) is 9.97 Å². The Hall–Kier alpha value is -0.960.